The Kier molecular flexibility index (Phi) is 6.87. The van der Waals surface area contributed by atoms with Gasteiger partial charge in [0.05, 0.1) is 5.69 Å². The lowest BCUT2D eigenvalue weighted by atomic mass is 10.0. The number of nitrogens with zero attached hydrogens (tertiary/aromatic N) is 1. The minimum Gasteiger partial charge on any atom is -0.373 e. The van der Waals surface area contributed by atoms with Gasteiger partial charge < -0.3 is 10.6 Å². The first kappa shape index (κ1) is 16.5. The highest BCUT2D eigenvalue weighted by molar-refractivity contribution is 9.10. The third kappa shape index (κ3) is 5.15. The zero-order chi connectivity index (χ0) is 14.4. The van der Waals surface area contributed by atoms with E-state index in [0.29, 0.717) is 5.92 Å². The molecule has 2 N–H and O–H groups in total. The minimum absolute atomic E-state index is 0.260. The molecule has 2 atom stereocenters. The number of benzene rings is 1. The summed E-state index contributed by atoms with van der Waals surface area (Å²) in [6, 6.07) is 6.86. The van der Waals surface area contributed by atoms with Crippen LogP contribution in [0.25, 0.3) is 0 Å². The number of nitrogens with two attached hydrogens (primary N) is 1. The molecule has 19 heavy (non-hydrogen) atoms. The van der Waals surface area contributed by atoms with Crippen molar-refractivity contribution >= 4 is 21.6 Å². The van der Waals surface area contributed by atoms with Crippen molar-refractivity contribution < 1.29 is 0 Å². The number of halogens is 1. The molecule has 0 radical (unpaired) electrons. The molecular formula is C16H27BrN2. The summed E-state index contributed by atoms with van der Waals surface area (Å²) >= 11 is 3.69. The molecule has 0 amide bonds. The lowest BCUT2D eigenvalue weighted by Crippen LogP contribution is -2.24. The van der Waals surface area contributed by atoms with Gasteiger partial charge in [-0.05, 0) is 52.4 Å². The van der Waals surface area contributed by atoms with Crippen LogP contribution in [0.3, 0.4) is 0 Å². The number of hydrogen-bond donors (Lipinski definition) is 1. The molecule has 0 saturated carbocycles. The fourth-order valence-corrected chi connectivity index (χ4v) is 2.86. The van der Waals surface area contributed by atoms with Crippen molar-refractivity contribution in [1.29, 1.82) is 0 Å². The lowest BCUT2D eigenvalue weighted by molar-refractivity contribution is 0.559. The highest BCUT2D eigenvalue weighted by atomic mass is 79.9. The van der Waals surface area contributed by atoms with E-state index < -0.39 is 0 Å². The molecule has 0 heterocycles. The molecule has 0 spiro atoms. The minimum atomic E-state index is 0.260. The molecule has 3 heteroatoms. The first-order chi connectivity index (χ1) is 8.97. The quantitative estimate of drug-likeness (QED) is 0.813. The Bertz CT molecular complexity index is 392. The molecule has 0 fully saturated rings. The highest BCUT2D eigenvalue weighted by Crippen LogP contribution is 2.28. The van der Waals surface area contributed by atoms with E-state index in [1.807, 2.05) is 0 Å². The summed E-state index contributed by atoms with van der Waals surface area (Å²) in [6.45, 7) is 7.75. The van der Waals surface area contributed by atoms with Gasteiger partial charge in [-0.15, -0.1) is 0 Å². The largest absolute Gasteiger partial charge is 0.373 e. The maximum absolute atomic E-state index is 6.01. The summed E-state index contributed by atoms with van der Waals surface area (Å²) in [7, 11) is 2.16. The zero-order valence-corrected chi connectivity index (χ0v) is 14.2. The van der Waals surface area contributed by atoms with Crippen LogP contribution >= 0.6 is 15.9 Å². The number of anilines is 1. The molecule has 0 aliphatic heterocycles. The van der Waals surface area contributed by atoms with Gasteiger partial charge in [0.1, 0.15) is 0 Å². The van der Waals surface area contributed by atoms with Crippen LogP contribution in [0.5, 0.6) is 0 Å². The lowest BCUT2D eigenvalue weighted by Gasteiger charge is -2.24. The second-order valence-corrected chi connectivity index (χ2v) is 6.41. The Morgan fingerprint density at radius 1 is 1.26 bits per heavy atom. The molecule has 0 aromatic heterocycles. The molecule has 0 saturated heterocycles. The van der Waals surface area contributed by atoms with E-state index in [9.17, 15) is 0 Å². The van der Waals surface area contributed by atoms with Gasteiger partial charge in [0.25, 0.3) is 0 Å². The van der Waals surface area contributed by atoms with Gasteiger partial charge in [-0.2, -0.15) is 0 Å². The molecule has 0 bridgehead atoms. The van der Waals surface area contributed by atoms with Crippen LogP contribution in [0.2, 0.25) is 0 Å². The van der Waals surface area contributed by atoms with Crippen molar-refractivity contribution in [1.82, 2.24) is 0 Å². The third-order valence-electron chi connectivity index (χ3n) is 3.73. The predicted molar refractivity (Wildman–Crippen MR) is 88.8 cm³/mol. The van der Waals surface area contributed by atoms with Crippen molar-refractivity contribution in [3.63, 3.8) is 0 Å². The molecule has 1 aromatic carbocycles. The van der Waals surface area contributed by atoms with Crippen molar-refractivity contribution in [3.8, 4) is 0 Å². The van der Waals surface area contributed by atoms with E-state index in [-0.39, 0.29) is 6.04 Å². The first-order valence-corrected chi connectivity index (χ1v) is 8.02. The van der Waals surface area contributed by atoms with Crippen LogP contribution < -0.4 is 10.6 Å². The monoisotopic (exact) mass is 326 g/mol. The Balaban J connectivity index is 2.76. The topological polar surface area (TPSA) is 29.3 Å². The molecule has 0 aliphatic rings. The maximum atomic E-state index is 6.01. The summed E-state index contributed by atoms with van der Waals surface area (Å²) in [5.41, 5.74) is 8.58. The SMILES string of the molecule is CCC(C)CN(C)c1ccc(CC(N)CC)cc1Br. The van der Waals surface area contributed by atoms with Crippen LogP contribution in [0.15, 0.2) is 22.7 Å². The number of rotatable bonds is 7. The summed E-state index contributed by atoms with van der Waals surface area (Å²) in [5, 5.41) is 0. The maximum Gasteiger partial charge on any atom is 0.0508 e. The van der Waals surface area contributed by atoms with Crippen LogP contribution in [0.1, 0.15) is 39.2 Å². The molecule has 1 aromatic rings. The van der Waals surface area contributed by atoms with Gasteiger partial charge >= 0.3 is 0 Å². The second kappa shape index (κ2) is 7.91. The fourth-order valence-electron chi connectivity index (χ4n) is 2.13. The third-order valence-corrected chi connectivity index (χ3v) is 4.36. The van der Waals surface area contributed by atoms with Gasteiger partial charge in [0.15, 0.2) is 0 Å². The van der Waals surface area contributed by atoms with E-state index >= 15 is 0 Å². The van der Waals surface area contributed by atoms with Crippen LogP contribution in [0, 0.1) is 5.92 Å². The summed E-state index contributed by atoms with van der Waals surface area (Å²) in [5.74, 6) is 0.713. The first-order valence-electron chi connectivity index (χ1n) is 7.23. The van der Waals surface area contributed by atoms with E-state index in [2.05, 4.69) is 66.8 Å². The van der Waals surface area contributed by atoms with Crippen molar-refractivity contribution in [3.05, 3.63) is 28.2 Å². The Morgan fingerprint density at radius 3 is 2.47 bits per heavy atom. The van der Waals surface area contributed by atoms with Gasteiger partial charge in [-0.3, -0.25) is 0 Å². The van der Waals surface area contributed by atoms with Gasteiger partial charge in [-0.1, -0.05) is 33.3 Å². The van der Waals surface area contributed by atoms with Crippen LogP contribution in [-0.4, -0.2) is 19.6 Å². The Labute approximate surface area is 126 Å². The molecule has 108 valence electrons. The molecular weight excluding hydrogens is 300 g/mol. The Morgan fingerprint density at radius 2 is 1.95 bits per heavy atom. The predicted octanol–water partition coefficient (Wildman–Crippen LogP) is 4.21. The van der Waals surface area contributed by atoms with E-state index in [4.69, 9.17) is 5.73 Å². The van der Waals surface area contributed by atoms with Crippen molar-refractivity contribution in [2.24, 2.45) is 11.7 Å². The fraction of sp³-hybridized carbons (Fsp3) is 0.625. The van der Waals surface area contributed by atoms with Gasteiger partial charge in [0, 0.05) is 24.1 Å². The molecule has 0 aliphatic carbocycles. The second-order valence-electron chi connectivity index (χ2n) is 5.55. The zero-order valence-electron chi connectivity index (χ0n) is 12.6. The van der Waals surface area contributed by atoms with Gasteiger partial charge in [0.2, 0.25) is 0 Å². The van der Waals surface area contributed by atoms with Crippen molar-refractivity contribution in [2.75, 3.05) is 18.5 Å². The Hall–Kier alpha value is -0.540. The summed E-state index contributed by atoms with van der Waals surface area (Å²) < 4.78 is 1.17. The number of hydrogen-bond acceptors (Lipinski definition) is 2. The van der Waals surface area contributed by atoms with E-state index in [1.165, 1.54) is 22.1 Å². The van der Waals surface area contributed by atoms with Gasteiger partial charge in [-0.25, -0.2) is 0 Å². The molecule has 2 nitrogen and oxygen atoms in total. The van der Waals surface area contributed by atoms with Crippen molar-refractivity contribution in [2.45, 2.75) is 46.1 Å². The summed E-state index contributed by atoms with van der Waals surface area (Å²) in [4.78, 5) is 2.32. The molecule has 2 unspecified atom stereocenters. The van der Waals surface area contributed by atoms with Crippen LogP contribution in [0.4, 0.5) is 5.69 Å². The average Bonchev–Trinajstić information content (AvgIpc) is 2.38. The normalized spacial score (nSPS) is 14.2. The standard InChI is InChI=1S/C16H27BrN2/c1-5-12(3)11-19(4)16-8-7-13(10-15(16)17)9-14(18)6-2/h7-8,10,12,14H,5-6,9,11,18H2,1-4H3. The molecule has 1 rings (SSSR count). The summed E-state index contributed by atoms with van der Waals surface area (Å²) in [6.07, 6.45) is 3.18. The average molecular weight is 327 g/mol. The smallest absolute Gasteiger partial charge is 0.0508 e. The highest BCUT2D eigenvalue weighted by Gasteiger charge is 2.10. The van der Waals surface area contributed by atoms with E-state index in [0.717, 1.165) is 19.4 Å². The van der Waals surface area contributed by atoms with E-state index in [1.54, 1.807) is 0 Å². The van der Waals surface area contributed by atoms with Crippen LogP contribution in [-0.2, 0) is 6.42 Å².